The molecular weight excluding hydrogens is 343 g/mol. The van der Waals surface area contributed by atoms with Crippen molar-refractivity contribution in [2.75, 3.05) is 20.9 Å². The van der Waals surface area contributed by atoms with Gasteiger partial charge in [0.05, 0.1) is 23.9 Å². The summed E-state index contributed by atoms with van der Waals surface area (Å²) in [5, 5.41) is 6.33. The first kappa shape index (κ1) is 17.6. The number of nitrogens with one attached hydrogen (secondary N) is 1. The Bertz CT molecular complexity index is 778. The number of benzene rings is 1. The van der Waals surface area contributed by atoms with Crippen LogP contribution in [-0.4, -0.2) is 36.7 Å². The molecule has 6 nitrogen and oxygen atoms in total. The number of aryl methyl sites for hydroxylation is 1. The predicted octanol–water partition coefficient (Wildman–Crippen LogP) is 2.66. The average Bonchev–Trinajstić information content (AvgIpc) is 3.00. The molecule has 0 radical (unpaired) electrons. The Morgan fingerprint density at radius 2 is 2.32 bits per heavy atom. The number of rotatable bonds is 4. The first-order valence-electron chi connectivity index (χ1n) is 7.91. The van der Waals surface area contributed by atoms with Gasteiger partial charge in [-0.15, -0.1) is 11.3 Å². The van der Waals surface area contributed by atoms with Gasteiger partial charge in [0.2, 0.25) is 0 Å². The minimum atomic E-state index is -0.300. The SMILES string of the molecule is CN=C(NCc1cc(F)cc2c1OCOC2)N(C)Cc1csc(C)n1. The van der Waals surface area contributed by atoms with Gasteiger partial charge in [0, 0.05) is 37.1 Å². The molecule has 1 aliphatic rings. The lowest BCUT2D eigenvalue weighted by molar-refractivity contribution is -0.0173. The number of guanidine groups is 1. The van der Waals surface area contributed by atoms with Crippen molar-refractivity contribution in [2.24, 2.45) is 4.99 Å². The Labute approximate surface area is 150 Å². The maximum Gasteiger partial charge on any atom is 0.194 e. The van der Waals surface area contributed by atoms with Crippen LogP contribution in [0.15, 0.2) is 22.5 Å². The molecule has 1 aromatic carbocycles. The molecule has 134 valence electrons. The standard InChI is InChI=1S/C17H21FN4O2S/c1-11-21-15(9-25-11)7-22(3)17(19-2)20-6-12-4-14(18)5-13-8-23-10-24-16(12)13/h4-5,9H,6-8,10H2,1-3H3,(H,19,20). The summed E-state index contributed by atoms with van der Waals surface area (Å²) in [5.41, 5.74) is 2.47. The maximum absolute atomic E-state index is 13.8. The summed E-state index contributed by atoms with van der Waals surface area (Å²) in [7, 11) is 3.66. The van der Waals surface area contributed by atoms with Crippen molar-refractivity contribution in [3.63, 3.8) is 0 Å². The van der Waals surface area contributed by atoms with Crippen molar-refractivity contribution in [3.05, 3.63) is 45.2 Å². The van der Waals surface area contributed by atoms with E-state index >= 15 is 0 Å². The zero-order valence-corrected chi connectivity index (χ0v) is 15.3. The quantitative estimate of drug-likeness (QED) is 0.668. The maximum atomic E-state index is 13.8. The Morgan fingerprint density at radius 1 is 1.48 bits per heavy atom. The molecular formula is C17H21FN4O2S. The lowest BCUT2D eigenvalue weighted by atomic mass is 10.1. The monoisotopic (exact) mass is 364 g/mol. The van der Waals surface area contributed by atoms with Gasteiger partial charge in [0.25, 0.3) is 0 Å². The Balaban J connectivity index is 1.68. The van der Waals surface area contributed by atoms with E-state index in [4.69, 9.17) is 9.47 Å². The van der Waals surface area contributed by atoms with Crippen LogP contribution in [0.25, 0.3) is 0 Å². The highest BCUT2D eigenvalue weighted by Crippen LogP contribution is 2.29. The smallest absolute Gasteiger partial charge is 0.194 e. The Morgan fingerprint density at radius 3 is 3.04 bits per heavy atom. The highest BCUT2D eigenvalue weighted by atomic mass is 32.1. The predicted molar refractivity (Wildman–Crippen MR) is 95.2 cm³/mol. The lowest BCUT2D eigenvalue weighted by Crippen LogP contribution is -2.38. The van der Waals surface area contributed by atoms with Gasteiger partial charge in [0.1, 0.15) is 11.6 Å². The van der Waals surface area contributed by atoms with E-state index in [1.165, 1.54) is 12.1 Å². The van der Waals surface area contributed by atoms with Gasteiger partial charge < -0.3 is 19.7 Å². The number of fused-ring (bicyclic) bond motifs is 1. The number of hydrogen-bond acceptors (Lipinski definition) is 5. The number of ether oxygens (including phenoxy) is 2. The van der Waals surface area contributed by atoms with Crippen LogP contribution in [-0.2, 0) is 24.4 Å². The average molecular weight is 364 g/mol. The number of aliphatic imine (C=N–C) groups is 1. The van der Waals surface area contributed by atoms with E-state index in [0.717, 1.165) is 21.8 Å². The number of halogens is 1. The third-order valence-electron chi connectivity index (χ3n) is 3.83. The van der Waals surface area contributed by atoms with Crippen LogP contribution in [0.1, 0.15) is 21.8 Å². The summed E-state index contributed by atoms with van der Waals surface area (Å²) in [6.45, 7) is 3.59. The number of nitrogens with zero attached hydrogens (tertiary/aromatic N) is 3. The molecule has 3 rings (SSSR count). The van der Waals surface area contributed by atoms with Gasteiger partial charge >= 0.3 is 0 Å². The first-order chi connectivity index (χ1) is 12.1. The third kappa shape index (κ3) is 4.26. The zero-order valence-electron chi connectivity index (χ0n) is 14.5. The van der Waals surface area contributed by atoms with Crippen LogP contribution in [0, 0.1) is 12.7 Å². The molecule has 0 amide bonds. The summed E-state index contributed by atoms with van der Waals surface area (Å²) in [4.78, 5) is 10.7. The molecule has 2 aromatic rings. The molecule has 1 aliphatic heterocycles. The Kier molecular flexibility index (Phi) is 5.50. The molecule has 1 N–H and O–H groups in total. The number of hydrogen-bond donors (Lipinski definition) is 1. The minimum absolute atomic E-state index is 0.184. The van der Waals surface area contributed by atoms with Crippen molar-refractivity contribution in [3.8, 4) is 5.75 Å². The van der Waals surface area contributed by atoms with E-state index in [9.17, 15) is 4.39 Å². The molecule has 1 aromatic heterocycles. The molecule has 0 unspecified atom stereocenters. The van der Waals surface area contributed by atoms with Crippen LogP contribution >= 0.6 is 11.3 Å². The van der Waals surface area contributed by atoms with Crippen LogP contribution < -0.4 is 10.1 Å². The normalized spacial score (nSPS) is 14.0. The Hall–Kier alpha value is -2.19. The number of aromatic nitrogens is 1. The zero-order chi connectivity index (χ0) is 17.8. The molecule has 0 saturated heterocycles. The van der Waals surface area contributed by atoms with Crippen LogP contribution in [0.4, 0.5) is 4.39 Å². The minimum Gasteiger partial charge on any atom is -0.467 e. The van der Waals surface area contributed by atoms with Gasteiger partial charge in [0.15, 0.2) is 12.8 Å². The summed E-state index contributed by atoms with van der Waals surface area (Å²) in [5.74, 6) is 1.09. The highest BCUT2D eigenvalue weighted by molar-refractivity contribution is 7.09. The summed E-state index contributed by atoms with van der Waals surface area (Å²) in [6, 6.07) is 2.93. The summed E-state index contributed by atoms with van der Waals surface area (Å²) >= 11 is 1.62. The van der Waals surface area contributed by atoms with Gasteiger partial charge in [-0.2, -0.15) is 0 Å². The fourth-order valence-corrected chi connectivity index (χ4v) is 3.35. The molecule has 25 heavy (non-hydrogen) atoms. The van der Waals surface area contributed by atoms with Gasteiger partial charge in [-0.3, -0.25) is 4.99 Å². The fraction of sp³-hybridized carbons (Fsp3) is 0.412. The van der Waals surface area contributed by atoms with Crippen LogP contribution in [0.2, 0.25) is 0 Å². The summed E-state index contributed by atoms with van der Waals surface area (Å²) < 4.78 is 24.6. The van der Waals surface area contributed by atoms with Crippen molar-refractivity contribution in [2.45, 2.75) is 26.6 Å². The highest BCUT2D eigenvalue weighted by Gasteiger charge is 2.17. The van der Waals surface area contributed by atoms with E-state index in [-0.39, 0.29) is 12.6 Å². The van der Waals surface area contributed by atoms with Gasteiger partial charge in [-0.1, -0.05) is 0 Å². The van der Waals surface area contributed by atoms with Gasteiger partial charge in [-0.05, 0) is 19.1 Å². The number of thiazole rings is 1. The largest absolute Gasteiger partial charge is 0.467 e. The molecule has 0 spiro atoms. The van der Waals surface area contributed by atoms with Gasteiger partial charge in [-0.25, -0.2) is 9.37 Å². The molecule has 0 saturated carbocycles. The molecule has 0 aliphatic carbocycles. The van der Waals surface area contributed by atoms with E-state index in [2.05, 4.69) is 15.3 Å². The lowest BCUT2D eigenvalue weighted by Gasteiger charge is -2.24. The van der Waals surface area contributed by atoms with E-state index in [1.54, 1.807) is 18.4 Å². The van der Waals surface area contributed by atoms with Crippen LogP contribution in [0.3, 0.4) is 0 Å². The van der Waals surface area contributed by atoms with E-state index in [1.807, 2.05) is 24.3 Å². The van der Waals surface area contributed by atoms with Crippen LogP contribution in [0.5, 0.6) is 5.75 Å². The first-order valence-corrected chi connectivity index (χ1v) is 8.79. The second-order valence-corrected chi connectivity index (χ2v) is 6.84. The second-order valence-electron chi connectivity index (χ2n) is 5.78. The van der Waals surface area contributed by atoms with E-state index in [0.29, 0.717) is 31.4 Å². The second kappa shape index (κ2) is 7.79. The molecule has 8 heteroatoms. The molecule has 0 bridgehead atoms. The fourth-order valence-electron chi connectivity index (χ4n) is 2.75. The van der Waals surface area contributed by atoms with Crippen molar-refractivity contribution < 1.29 is 13.9 Å². The molecule has 2 heterocycles. The third-order valence-corrected chi connectivity index (χ3v) is 4.65. The van der Waals surface area contributed by atoms with Crippen molar-refractivity contribution in [1.29, 1.82) is 0 Å². The topological polar surface area (TPSA) is 59.0 Å². The van der Waals surface area contributed by atoms with Crippen molar-refractivity contribution >= 4 is 17.3 Å². The molecule has 0 fully saturated rings. The molecule has 0 atom stereocenters. The van der Waals surface area contributed by atoms with E-state index < -0.39 is 0 Å². The summed E-state index contributed by atoms with van der Waals surface area (Å²) in [6.07, 6.45) is 0. The van der Waals surface area contributed by atoms with Crippen molar-refractivity contribution in [1.82, 2.24) is 15.2 Å².